The zero-order valence-corrected chi connectivity index (χ0v) is 11.4. The summed E-state index contributed by atoms with van der Waals surface area (Å²) in [4.78, 5) is 1.34. The van der Waals surface area contributed by atoms with Crippen molar-refractivity contribution in [3.63, 3.8) is 0 Å². The molecule has 1 heterocycles. The molecule has 2 nitrogen and oxygen atoms in total. The van der Waals surface area contributed by atoms with E-state index in [-0.39, 0.29) is 5.54 Å². The van der Waals surface area contributed by atoms with Gasteiger partial charge in [0.25, 0.3) is 0 Å². The number of rotatable bonds is 5. The first kappa shape index (κ1) is 12.9. The average Bonchev–Trinajstić information content (AvgIpc) is 2.67. The maximum absolute atomic E-state index is 5.61. The lowest BCUT2D eigenvalue weighted by molar-refractivity contribution is 0.0895. The highest BCUT2D eigenvalue weighted by molar-refractivity contribution is 7.99. The molecule has 2 rings (SSSR count). The molecule has 3 heteroatoms. The molecule has 1 aliphatic heterocycles. The second kappa shape index (κ2) is 5.89. The largest absolute Gasteiger partial charge is 0.377 e. The van der Waals surface area contributed by atoms with Crippen LogP contribution in [0, 0.1) is 0 Å². The molecular formula is C14H21NOS. The number of nitrogens with one attached hydrogen (secondary N) is 1. The summed E-state index contributed by atoms with van der Waals surface area (Å²) >= 11 is 1.90. The van der Waals surface area contributed by atoms with Gasteiger partial charge in [-0.1, -0.05) is 18.2 Å². The average molecular weight is 251 g/mol. The molecule has 0 aromatic heterocycles. The highest BCUT2D eigenvalue weighted by Gasteiger charge is 2.35. The number of thioether (sulfide) groups is 1. The Kier molecular flexibility index (Phi) is 4.48. The number of hydrogen-bond acceptors (Lipinski definition) is 3. The normalized spacial score (nSPS) is 28.5. The quantitative estimate of drug-likeness (QED) is 0.642. The highest BCUT2D eigenvalue weighted by Crippen LogP contribution is 2.25. The summed E-state index contributed by atoms with van der Waals surface area (Å²) in [7, 11) is 0. The van der Waals surface area contributed by atoms with Crippen LogP contribution in [-0.4, -0.2) is 30.5 Å². The van der Waals surface area contributed by atoms with Crippen LogP contribution in [0.25, 0.3) is 0 Å². The van der Waals surface area contributed by atoms with Gasteiger partial charge in [-0.3, -0.25) is 0 Å². The molecule has 0 aliphatic carbocycles. The SMILES string of the molecule is CC1OCCC1(C)NCCSc1ccccc1. The maximum atomic E-state index is 5.61. The Labute approximate surface area is 108 Å². The van der Waals surface area contributed by atoms with E-state index in [4.69, 9.17) is 4.74 Å². The smallest absolute Gasteiger partial charge is 0.0726 e. The molecule has 0 amide bonds. The van der Waals surface area contributed by atoms with Gasteiger partial charge in [-0.2, -0.15) is 0 Å². The Hall–Kier alpha value is -0.510. The summed E-state index contributed by atoms with van der Waals surface area (Å²) in [5.41, 5.74) is 0.164. The van der Waals surface area contributed by atoms with Gasteiger partial charge >= 0.3 is 0 Å². The molecule has 17 heavy (non-hydrogen) atoms. The summed E-state index contributed by atoms with van der Waals surface area (Å²) in [5, 5.41) is 3.63. The standard InChI is InChI=1S/C14H21NOS/c1-12-14(2,8-10-16-12)15-9-11-17-13-6-4-3-5-7-13/h3-7,12,15H,8-11H2,1-2H3. The van der Waals surface area contributed by atoms with Crippen molar-refractivity contribution in [2.45, 2.75) is 36.8 Å². The van der Waals surface area contributed by atoms with E-state index in [1.165, 1.54) is 4.90 Å². The lowest BCUT2D eigenvalue weighted by Gasteiger charge is -2.29. The van der Waals surface area contributed by atoms with Crippen molar-refractivity contribution in [3.05, 3.63) is 30.3 Å². The van der Waals surface area contributed by atoms with Crippen molar-refractivity contribution >= 4 is 11.8 Å². The molecule has 1 N–H and O–H groups in total. The third kappa shape index (κ3) is 3.47. The van der Waals surface area contributed by atoms with Gasteiger partial charge in [-0.25, -0.2) is 0 Å². The predicted molar refractivity (Wildman–Crippen MR) is 73.6 cm³/mol. The Balaban J connectivity index is 1.70. The van der Waals surface area contributed by atoms with Gasteiger partial charge in [-0.05, 0) is 32.4 Å². The second-order valence-electron chi connectivity index (χ2n) is 4.77. The van der Waals surface area contributed by atoms with Crippen LogP contribution in [0.3, 0.4) is 0 Å². The third-order valence-corrected chi connectivity index (χ3v) is 4.54. The van der Waals surface area contributed by atoms with E-state index in [0.717, 1.165) is 25.3 Å². The lowest BCUT2D eigenvalue weighted by atomic mass is 9.95. The first-order valence-electron chi connectivity index (χ1n) is 6.25. The molecular weight excluding hydrogens is 230 g/mol. The van der Waals surface area contributed by atoms with Gasteiger partial charge < -0.3 is 10.1 Å². The fourth-order valence-electron chi connectivity index (χ4n) is 2.09. The topological polar surface area (TPSA) is 21.3 Å². The van der Waals surface area contributed by atoms with Gasteiger partial charge in [0.1, 0.15) is 0 Å². The van der Waals surface area contributed by atoms with E-state index in [1.54, 1.807) is 0 Å². The second-order valence-corrected chi connectivity index (χ2v) is 5.94. The van der Waals surface area contributed by atoms with Crippen LogP contribution in [0.1, 0.15) is 20.3 Å². The van der Waals surface area contributed by atoms with Crippen molar-refractivity contribution in [3.8, 4) is 0 Å². The first-order chi connectivity index (χ1) is 8.21. The summed E-state index contributed by atoms with van der Waals surface area (Å²) in [6, 6.07) is 10.6. The van der Waals surface area contributed by atoms with Crippen LogP contribution >= 0.6 is 11.8 Å². The Morgan fingerprint density at radius 2 is 2.18 bits per heavy atom. The van der Waals surface area contributed by atoms with E-state index in [9.17, 15) is 0 Å². The monoisotopic (exact) mass is 251 g/mol. The minimum Gasteiger partial charge on any atom is -0.377 e. The third-order valence-electron chi connectivity index (χ3n) is 3.53. The Morgan fingerprint density at radius 3 is 2.82 bits per heavy atom. The van der Waals surface area contributed by atoms with Crippen molar-refractivity contribution in [1.29, 1.82) is 0 Å². The molecule has 2 unspecified atom stereocenters. The maximum Gasteiger partial charge on any atom is 0.0726 e. The fraction of sp³-hybridized carbons (Fsp3) is 0.571. The van der Waals surface area contributed by atoms with Gasteiger partial charge in [0.15, 0.2) is 0 Å². The Bertz CT molecular complexity index is 343. The van der Waals surface area contributed by atoms with Gasteiger partial charge in [-0.15, -0.1) is 11.8 Å². The van der Waals surface area contributed by atoms with Crippen LogP contribution in [-0.2, 0) is 4.74 Å². The molecule has 1 aromatic carbocycles. The summed E-state index contributed by atoms with van der Waals surface area (Å²) in [5.74, 6) is 1.10. The number of hydrogen-bond donors (Lipinski definition) is 1. The molecule has 1 saturated heterocycles. The Morgan fingerprint density at radius 1 is 1.41 bits per heavy atom. The van der Waals surface area contributed by atoms with Crippen molar-refractivity contribution in [2.24, 2.45) is 0 Å². The van der Waals surface area contributed by atoms with Crippen LogP contribution in [0.2, 0.25) is 0 Å². The van der Waals surface area contributed by atoms with Crippen LogP contribution in [0.5, 0.6) is 0 Å². The summed E-state index contributed by atoms with van der Waals surface area (Å²) in [6.45, 7) is 6.34. The molecule has 94 valence electrons. The van der Waals surface area contributed by atoms with Gasteiger partial charge in [0, 0.05) is 29.3 Å². The van der Waals surface area contributed by atoms with E-state index in [1.807, 2.05) is 11.8 Å². The van der Waals surface area contributed by atoms with Crippen LogP contribution < -0.4 is 5.32 Å². The first-order valence-corrected chi connectivity index (χ1v) is 7.24. The van der Waals surface area contributed by atoms with Crippen molar-refractivity contribution < 1.29 is 4.74 Å². The number of ether oxygens (including phenoxy) is 1. The summed E-state index contributed by atoms with van der Waals surface area (Å²) in [6.07, 6.45) is 1.44. The minimum absolute atomic E-state index is 0.164. The summed E-state index contributed by atoms with van der Waals surface area (Å²) < 4.78 is 5.61. The van der Waals surface area contributed by atoms with E-state index in [0.29, 0.717) is 6.10 Å². The molecule has 0 saturated carbocycles. The molecule has 1 fully saturated rings. The minimum atomic E-state index is 0.164. The van der Waals surface area contributed by atoms with E-state index in [2.05, 4.69) is 49.5 Å². The zero-order chi connectivity index (χ0) is 12.1. The molecule has 2 atom stereocenters. The fourth-order valence-corrected chi connectivity index (χ4v) is 2.88. The molecule has 0 radical (unpaired) electrons. The molecule has 0 bridgehead atoms. The predicted octanol–water partition coefficient (Wildman–Crippen LogP) is 2.94. The van der Waals surface area contributed by atoms with Gasteiger partial charge in [0.2, 0.25) is 0 Å². The lowest BCUT2D eigenvalue weighted by Crippen LogP contribution is -2.48. The molecule has 0 spiro atoms. The molecule has 1 aliphatic rings. The zero-order valence-electron chi connectivity index (χ0n) is 10.6. The van der Waals surface area contributed by atoms with E-state index >= 15 is 0 Å². The molecule has 1 aromatic rings. The highest BCUT2D eigenvalue weighted by atomic mass is 32.2. The van der Waals surface area contributed by atoms with Crippen LogP contribution in [0.4, 0.5) is 0 Å². The van der Waals surface area contributed by atoms with Crippen LogP contribution in [0.15, 0.2) is 35.2 Å². The van der Waals surface area contributed by atoms with E-state index < -0.39 is 0 Å². The van der Waals surface area contributed by atoms with Gasteiger partial charge in [0.05, 0.1) is 6.10 Å². The van der Waals surface area contributed by atoms with Crippen molar-refractivity contribution in [2.75, 3.05) is 18.9 Å². The number of benzene rings is 1. The van der Waals surface area contributed by atoms with Crippen molar-refractivity contribution in [1.82, 2.24) is 5.32 Å².